The molecule has 6 nitrogen and oxygen atoms in total. The number of benzene rings is 2. The number of nitrogens with zero attached hydrogens (tertiary/aromatic N) is 3. The van der Waals surface area contributed by atoms with E-state index in [0.29, 0.717) is 18.0 Å². The zero-order valence-corrected chi connectivity index (χ0v) is 19.2. The van der Waals surface area contributed by atoms with Gasteiger partial charge in [0.05, 0.1) is 13.7 Å². The molecule has 0 saturated heterocycles. The Bertz CT molecular complexity index is 906. The number of rotatable bonds is 12. The second-order valence-electron chi connectivity index (χ2n) is 7.73. The number of aliphatic hydroxyl groups is 1. The van der Waals surface area contributed by atoms with Gasteiger partial charge in [-0.15, -0.1) is 11.3 Å². The topological polar surface area (TPSA) is 58.1 Å². The molecule has 0 saturated carbocycles. The highest BCUT2D eigenvalue weighted by Crippen LogP contribution is 2.29. The predicted octanol–water partition coefficient (Wildman–Crippen LogP) is 3.66. The largest absolute Gasteiger partial charge is 0.493 e. The molecule has 0 aliphatic rings. The third-order valence-electron chi connectivity index (χ3n) is 4.82. The molecular formula is C24H31N3O3S. The van der Waals surface area contributed by atoms with E-state index in [2.05, 4.69) is 34.0 Å². The van der Waals surface area contributed by atoms with Crippen molar-refractivity contribution < 1.29 is 14.6 Å². The summed E-state index contributed by atoms with van der Waals surface area (Å²) in [7, 11) is 5.69. The summed E-state index contributed by atoms with van der Waals surface area (Å²) in [6.07, 6.45) is 1.23. The summed E-state index contributed by atoms with van der Waals surface area (Å²) in [5.74, 6) is 1.31. The first-order valence-corrected chi connectivity index (χ1v) is 11.2. The molecule has 0 aliphatic heterocycles. The molecular weight excluding hydrogens is 410 g/mol. The Balaban J connectivity index is 1.52. The number of hydrogen-bond acceptors (Lipinski definition) is 7. The van der Waals surface area contributed by atoms with Gasteiger partial charge in [0.1, 0.15) is 17.7 Å². The minimum atomic E-state index is -0.602. The molecule has 0 spiro atoms. The quantitative estimate of drug-likeness (QED) is 0.463. The average Bonchev–Trinajstić information content (AvgIpc) is 3.26. The molecule has 0 bridgehead atoms. The van der Waals surface area contributed by atoms with Gasteiger partial charge in [0.15, 0.2) is 11.5 Å². The fourth-order valence-corrected chi connectivity index (χ4v) is 4.12. The Kier molecular flexibility index (Phi) is 8.85. The Morgan fingerprint density at radius 2 is 1.74 bits per heavy atom. The van der Waals surface area contributed by atoms with Crippen molar-refractivity contribution in [2.24, 2.45) is 0 Å². The first-order chi connectivity index (χ1) is 15.0. The number of aliphatic hydroxyl groups excluding tert-OH is 1. The molecule has 1 aromatic heterocycles. The molecule has 166 valence electrons. The van der Waals surface area contributed by atoms with Crippen LogP contribution in [0.15, 0.2) is 60.1 Å². The smallest absolute Gasteiger partial charge is 0.161 e. The predicted molar refractivity (Wildman–Crippen MR) is 125 cm³/mol. The van der Waals surface area contributed by atoms with Gasteiger partial charge in [-0.25, -0.2) is 4.98 Å². The van der Waals surface area contributed by atoms with Gasteiger partial charge in [0, 0.05) is 31.2 Å². The Morgan fingerprint density at radius 1 is 0.968 bits per heavy atom. The first-order valence-electron chi connectivity index (χ1n) is 10.3. The highest BCUT2D eigenvalue weighted by Gasteiger charge is 2.13. The van der Waals surface area contributed by atoms with Crippen molar-refractivity contribution in [1.82, 2.24) is 14.8 Å². The lowest BCUT2D eigenvalue weighted by atomic mass is 10.2. The lowest BCUT2D eigenvalue weighted by Crippen LogP contribution is -2.32. The maximum atomic E-state index is 10.5. The zero-order valence-electron chi connectivity index (χ0n) is 18.4. The van der Waals surface area contributed by atoms with E-state index in [1.54, 1.807) is 18.4 Å². The van der Waals surface area contributed by atoms with Gasteiger partial charge < -0.3 is 14.6 Å². The highest BCUT2D eigenvalue weighted by molar-refractivity contribution is 7.09. The molecule has 0 amide bonds. The average molecular weight is 442 g/mol. The van der Waals surface area contributed by atoms with Crippen LogP contribution in [0.1, 0.15) is 16.1 Å². The van der Waals surface area contributed by atoms with Crippen LogP contribution in [0, 0.1) is 0 Å². The van der Waals surface area contributed by atoms with Crippen molar-refractivity contribution in [1.29, 1.82) is 0 Å². The van der Waals surface area contributed by atoms with Gasteiger partial charge in [-0.3, -0.25) is 9.80 Å². The van der Waals surface area contributed by atoms with E-state index < -0.39 is 6.10 Å². The normalized spacial score (nSPS) is 12.3. The summed E-state index contributed by atoms with van der Waals surface area (Å²) in [6, 6.07) is 16.2. The fourth-order valence-electron chi connectivity index (χ4n) is 3.42. The molecule has 2 aromatic carbocycles. The van der Waals surface area contributed by atoms with Gasteiger partial charge in [-0.1, -0.05) is 36.4 Å². The monoisotopic (exact) mass is 441 g/mol. The molecule has 3 aromatic rings. The maximum Gasteiger partial charge on any atom is 0.161 e. The molecule has 3 rings (SSSR count). The van der Waals surface area contributed by atoms with Crippen LogP contribution in [0.25, 0.3) is 0 Å². The van der Waals surface area contributed by atoms with E-state index in [1.165, 1.54) is 5.56 Å². The van der Waals surface area contributed by atoms with Crippen LogP contribution in [0.5, 0.6) is 11.5 Å². The number of thiazole rings is 1. The van der Waals surface area contributed by atoms with Crippen LogP contribution < -0.4 is 9.47 Å². The molecule has 0 radical (unpaired) electrons. The maximum absolute atomic E-state index is 10.5. The molecule has 0 fully saturated rings. The fraction of sp³-hybridized carbons (Fsp3) is 0.375. The van der Waals surface area contributed by atoms with Crippen molar-refractivity contribution in [2.75, 3.05) is 34.4 Å². The number of methoxy groups -OCH3 is 1. The van der Waals surface area contributed by atoms with Crippen LogP contribution in [0.2, 0.25) is 0 Å². The standard InChI is InChI=1S/C24H31N3O3S/c1-26(14-19-7-5-4-6-8-19)16-21(28)18-30-23-13-20(9-10-22(23)29-3)15-27(2)17-24-25-11-12-31-24/h4-13,21,28H,14-18H2,1-3H3/t21-/m1/s1. The van der Waals surface area contributed by atoms with Crippen molar-refractivity contribution in [2.45, 2.75) is 25.7 Å². The minimum Gasteiger partial charge on any atom is -0.493 e. The lowest BCUT2D eigenvalue weighted by Gasteiger charge is -2.22. The van der Waals surface area contributed by atoms with E-state index in [0.717, 1.165) is 30.2 Å². The van der Waals surface area contributed by atoms with Crippen LogP contribution in [0.4, 0.5) is 0 Å². The molecule has 0 unspecified atom stereocenters. The Hall–Kier alpha value is -2.45. The van der Waals surface area contributed by atoms with E-state index in [9.17, 15) is 5.11 Å². The van der Waals surface area contributed by atoms with Crippen LogP contribution in [-0.4, -0.2) is 60.4 Å². The SMILES string of the molecule is COc1ccc(CN(C)Cc2nccs2)cc1OC[C@H](O)CN(C)Cc1ccccc1. The summed E-state index contributed by atoms with van der Waals surface area (Å²) >= 11 is 1.66. The van der Waals surface area contributed by atoms with Crippen LogP contribution >= 0.6 is 11.3 Å². The van der Waals surface area contributed by atoms with Crippen molar-refractivity contribution in [3.8, 4) is 11.5 Å². The number of aromatic nitrogens is 1. The van der Waals surface area contributed by atoms with Gasteiger partial charge in [-0.05, 0) is 37.4 Å². The summed E-state index contributed by atoms with van der Waals surface area (Å²) in [6.45, 7) is 3.07. The van der Waals surface area contributed by atoms with E-state index in [-0.39, 0.29) is 6.61 Å². The third kappa shape index (κ3) is 7.63. The summed E-state index contributed by atoms with van der Waals surface area (Å²) < 4.78 is 11.4. The summed E-state index contributed by atoms with van der Waals surface area (Å²) in [5, 5.41) is 13.5. The first kappa shape index (κ1) is 23.2. The molecule has 31 heavy (non-hydrogen) atoms. The van der Waals surface area contributed by atoms with Crippen molar-refractivity contribution in [3.63, 3.8) is 0 Å². The van der Waals surface area contributed by atoms with Gasteiger partial charge in [0.2, 0.25) is 0 Å². The van der Waals surface area contributed by atoms with E-state index >= 15 is 0 Å². The number of hydrogen-bond donors (Lipinski definition) is 1. The van der Waals surface area contributed by atoms with Crippen molar-refractivity contribution >= 4 is 11.3 Å². The molecule has 1 heterocycles. The number of ether oxygens (including phenoxy) is 2. The molecule has 7 heteroatoms. The second kappa shape index (κ2) is 11.8. The van der Waals surface area contributed by atoms with Gasteiger partial charge in [0.25, 0.3) is 0 Å². The Morgan fingerprint density at radius 3 is 2.45 bits per heavy atom. The van der Waals surface area contributed by atoms with Gasteiger partial charge in [-0.2, -0.15) is 0 Å². The number of likely N-dealkylation sites (N-methyl/N-ethyl adjacent to an activating group) is 1. The van der Waals surface area contributed by atoms with E-state index in [4.69, 9.17) is 9.47 Å². The highest BCUT2D eigenvalue weighted by atomic mass is 32.1. The van der Waals surface area contributed by atoms with Crippen LogP contribution in [-0.2, 0) is 19.6 Å². The third-order valence-corrected chi connectivity index (χ3v) is 5.58. The van der Waals surface area contributed by atoms with Crippen molar-refractivity contribution in [3.05, 3.63) is 76.2 Å². The molecule has 1 atom stereocenters. The molecule has 1 N–H and O–H groups in total. The molecule has 0 aliphatic carbocycles. The van der Waals surface area contributed by atoms with E-state index in [1.807, 2.05) is 55.0 Å². The van der Waals surface area contributed by atoms with Gasteiger partial charge >= 0.3 is 0 Å². The second-order valence-corrected chi connectivity index (χ2v) is 8.71. The Labute approximate surface area is 188 Å². The summed E-state index contributed by atoms with van der Waals surface area (Å²) in [5.41, 5.74) is 2.33. The lowest BCUT2D eigenvalue weighted by molar-refractivity contribution is 0.0732. The zero-order chi connectivity index (χ0) is 22.1. The van der Waals surface area contributed by atoms with Crippen LogP contribution in [0.3, 0.4) is 0 Å². The summed E-state index contributed by atoms with van der Waals surface area (Å²) in [4.78, 5) is 8.64. The minimum absolute atomic E-state index is 0.202.